The van der Waals surface area contributed by atoms with Crippen LogP contribution in [0.1, 0.15) is 0 Å². The van der Waals surface area contributed by atoms with Crippen molar-refractivity contribution in [3.63, 3.8) is 0 Å². The Bertz CT molecular complexity index is 35.9. The van der Waals surface area contributed by atoms with Crippen LogP contribution in [0.25, 0.3) is 0 Å². The van der Waals surface area contributed by atoms with Crippen molar-refractivity contribution in [3.05, 3.63) is 0 Å². The summed E-state index contributed by atoms with van der Waals surface area (Å²) in [4.78, 5) is 0. The van der Waals surface area contributed by atoms with Crippen LogP contribution >= 0.6 is 43.0 Å². The van der Waals surface area contributed by atoms with Gasteiger partial charge in [0, 0.05) is 42.9 Å². The monoisotopic (exact) mass is 494 g/mol. The van der Waals surface area contributed by atoms with Gasteiger partial charge in [0.15, 0.2) is 0 Å². The molecule has 0 rings (SSSR count). The van der Waals surface area contributed by atoms with Gasteiger partial charge in [-0.1, -0.05) is 0 Å². The maximum atomic E-state index is 4.38. The summed E-state index contributed by atoms with van der Waals surface area (Å²) in [5, 5.41) is 0. The molecular formula is H5CuInPS3W. The Morgan fingerprint density at radius 3 is 1.14 bits per heavy atom. The molecule has 1 atom stereocenters. The third kappa shape index (κ3) is 45.5. The first-order chi connectivity index (χ1) is 1.41. The van der Waals surface area contributed by atoms with Gasteiger partial charge >= 0.3 is 34.6 Å². The summed E-state index contributed by atoms with van der Waals surface area (Å²) in [6, 6.07) is 0. The molecule has 0 saturated carbocycles. The zero-order valence-electron chi connectivity index (χ0n) is 3.31. The van der Waals surface area contributed by atoms with E-state index in [-0.39, 0.29) is 66.3 Å². The fraction of sp³-hybridized carbons (Fsp3) is 0. The van der Waals surface area contributed by atoms with Crippen LogP contribution in [0.5, 0.6) is 0 Å². The molecule has 7 heteroatoms. The Labute approximate surface area is 99.1 Å². The molecule has 0 aliphatic heterocycles. The van der Waals surface area contributed by atoms with E-state index in [4.69, 9.17) is 0 Å². The van der Waals surface area contributed by atoms with Crippen LogP contribution < -0.4 is 0 Å². The van der Waals surface area contributed by atoms with Crippen molar-refractivity contribution in [3.8, 4) is 0 Å². The van der Waals surface area contributed by atoms with Gasteiger partial charge in [-0.3, -0.25) is 0 Å². The first kappa shape index (κ1) is 31.7. The van der Waals surface area contributed by atoms with Crippen LogP contribution in [0.4, 0.5) is 0 Å². The molecule has 0 heterocycles. The maximum absolute atomic E-state index is 4.38. The molecule has 0 aromatic heterocycles. The number of hydrogen-bond donors (Lipinski definition) is 0. The summed E-state index contributed by atoms with van der Waals surface area (Å²) in [6.45, 7) is 0. The summed E-state index contributed by atoms with van der Waals surface area (Å²) in [7, 11) is 8.75. The minimum atomic E-state index is -0.583. The Kier molecular flexibility index (Phi) is 157. The van der Waals surface area contributed by atoms with Crippen molar-refractivity contribution in [2.45, 2.75) is 0 Å². The van der Waals surface area contributed by atoms with Crippen LogP contribution in [0.3, 0.4) is 0 Å². The molecule has 0 aliphatic rings. The van der Waals surface area contributed by atoms with E-state index in [0.29, 0.717) is 0 Å². The van der Waals surface area contributed by atoms with E-state index in [2.05, 4.69) is 19.6 Å². The molecule has 0 N–H and O–H groups in total. The SMILES string of the molecule is P.S.[Cu].[In].[S]=[W]=[S]. The predicted molar refractivity (Wildman–Crippen MR) is 42.4 cm³/mol. The average Bonchev–Trinajstić information content (AvgIpc) is 0.918. The summed E-state index contributed by atoms with van der Waals surface area (Å²) in [6.07, 6.45) is 0. The van der Waals surface area contributed by atoms with E-state index in [0.717, 1.165) is 0 Å². The molecule has 0 bridgehead atoms. The van der Waals surface area contributed by atoms with Crippen LogP contribution in [0.15, 0.2) is 0 Å². The molecule has 7 heavy (non-hydrogen) atoms. The second kappa shape index (κ2) is 34.7. The van der Waals surface area contributed by atoms with Gasteiger partial charge in [-0.25, -0.2) is 0 Å². The fourth-order valence-electron chi connectivity index (χ4n) is 0. The summed E-state index contributed by atoms with van der Waals surface area (Å²) in [5.74, 6) is 0. The normalized spacial score (nSPS) is 1.71. The molecule has 48 valence electrons. The van der Waals surface area contributed by atoms with Crippen molar-refractivity contribution in [2.75, 3.05) is 0 Å². The molecule has 0 aromatic carbocycles. The molecule has 0 nitrogen and oxygen atoms in total. The van der Waals surface area contributed by atoms with Crippen LogP contribution in [-0.4, -0.2) is 25.8 Å². The predicted octanol–water partition coefficient (Wildman–Crippen LogP) is 1.08. The molecular weight excluding hydrogens is 489 g/mol. The first-order valence-corrected chi connectivity index (χ1v) is 8.19. The second-order valence-corrected chi connectivity index (χ2v) is 5.01. The van der Waals surface area contributed by atoms with E-state index in [9.17, 15) is 0 Å². The summed E-state index contributed by atoms with van der Waals surface area (Å²) < 4.78 is 0. The van der Waals surface area contributed by atoms with Crippen molar-refractivity contribution in [1.29, 1.82) is 0 Å². The molecule has 4 radical (unpaired) electrons. The quantitative estimate of drug-likeness (QED) is 0.366. The number of hydrogen-bond acceptors (Lipinski definition) is 2. The van der Waals surface area contributed by atoms with Gasteiger partial charge in [0.25, 0.3) is 0 Å². The van der Waals surface area contributed by atoms with Crippen molar-refractivity contribution >= 4 is 68.9 Å². The summed E-state index contributed by atoms with van der Waals surface area (Å²) in [5.41, 5.74) is 0. The molecule has 0 saturated heterocycles. The summed E-state index contributed by atoms with van der Waals surface area (Å²) >= 11 is -0.583. The minimum absolute atomic E-state index is 0. The van der Waals surface area contributed by atoms with Gasteiger partial charge in [0.05, 0.1) is 0 Å². The van der Waals surface area contributed by atoms with Gasteiger partial charge in [-0.2, -0.15) is 23.4 Å². The van der Waals surface area contributed by atoms with E-state index in [1.165, 1.54) is 0 Å². The van der Waals surface area contributed by atoms with E-state index >= 15 is 0 Å². The Morgan fingerprint density at radius 2 is 1.14 bits per heavy atom. The van der Waals surface area contributed by atoms with E-state index in [1.54, 1.807) is 0 Å². The molecule has 0 amide bonds. The number of rotatable bonds is 0. The van der Waals surface area contributed by atoms with Gasteiger partial charge in [-0.15, -0.1) is 0 Å². The Hall–Kier alpha value is 3.30. The van der Waals surface area contributed by atoms with Gasteiger partial charge in [0.1, 0.15) is 0 Å². The molecule has 0 aliphatic carbocycles. The van der Waals surface area contributed by atoms with E-state index in [1.807, 2.05) is 0 Å². The zero-order chi connectivity index (χ0) is 2.71. The third-order valence-electron chi connectivity index (χ3n) is 0. The molecule has 1 unspecified atom stereocenters. The molecule has 0 spiro atoms. The Morgan fingerprint density at radius 1 is 1.14 bits per heavy atom. The van der Waals surface area contributed by atoms with Crippen LogP contribution in [0, 0.1) is 0 Å². The second-order valence-electron chi connectivity index (χ2n) is 0.0680. The van der Waals surface area contributed by atoms with Crippen molar-refractivity contribution < 1.29 is 32.0 Å². The van der Waals surface area contributed by atoms with Crippen LogP contribution in [-0.2, 0) is 32.0 Å². The molecule has 0 aromatic rings. The van der Waals surface area contributed by atoms with Crippen molar-refractivity contribution in [1.82, 2.24) is 0 Å². The third-order valence-corrected chi connectivity index (χ3v) is 0. The first-order valence-electron chi connectivity index (χ1n) is 0.333. The standard InChI is InChI=1S/Cu.In.H3P.H2S.2S.W/h;;1H3;1H2;;;. The van der Waals surface area contributed by atoms with Gasteiger partial charge in [0.2, 0.25) is 0 Å². The fourth-order valence-corrected chi connectivity index (χ4v) is 0. The van der Waals surface area contributed by atoms with Crippen molar-refractivity contribution in [2.24, 2.45) is 0 Å². The topological polar surface area (TPSA) is 0 Å². The van der Waals surface area contributed by atoms with E-state index < -0.39 is 14.9 Å². The van der Waals surface area contributed by atoms with Crippen LogP contribution in [0.2, 0.25) is 0 Å². The van der Waals surface area contributed by atoms with Gasteiger partial charge in [-0.05, 0) is 0 Å². The zero-order valence-corrected chi connectivity index (χ0v) is 14.5. The average molecular weight is 494 g/mol. The molecule has 0 fully saturated rings. The van der Waals surface area contributed by atoms with Gasteiger partial charge < -0.3 is 0 Å². The Balaban J connectivity index is -0.00000000333.